The molecule has 2 amide bonds. The first kappa shape index (κ1) is 20.8. The van der Waals surface area contributed by atoms with Gasteiger partial charge < -0.3 is 9.47 Å². The van der Waals surface area contributed by atoms with Gasteiger partial charge in [0.25, 0.3) is 11.8 Å². The van der Waals surface area contributed by atoms with Gasteiger partial charge in [0.1, 0.15) is 0 Å². The van der Waals surface area contributed by atoms with Crippen LogP contribution in [-0.2, 0) is 9.59 Å². The molecule has 154 valence electrons. The van der Waals surface area contributed by atoms with Crippen LogP contribution >= 0.6 is 0 Å². The summed E-state index contributed by atoms with van der Waals surface area (Å²) in [5, 5.41) is 5.74. The molecule has 0 saturated heterocycles. The summed E-state index contributed by atoms with van der Waals surface area (Å²) >= 11 is 0. The van der Waals surface area contributed by atoms with Gasteiger partial charge in [0.2, 0.25) is 0 Å². The van der Waals surface area contributed by atoms with Gasteiger partial charge in [0.05, 0.1) is 6.21 Å². The van der Waals surface area contributed by atoms with Crippen LogP contribution in [0.25, 0.3) is 10.8 Å². The second-order valence-corrected chi connectivity index (χ2v) is 6.50. The number of nitrogens with one attached hydrogen (secondary N) is 2. The topological polar surface area (TPSA) is 115 Å². The van der Waals surface area contributed by atoms with Crippen molar-refractivity contribution in [3.8, 4) is 11.5 Å². The summed E-state index contributed by atoms with van der Waals surface area (Å²) in [7, 11) is 0. The lowest BCUT2D eigenvalue weighted by molar-refractivity contribution is -0.124. The molecule has 8 heteroatoms. The van der Waals surface area contributed by atoms with Crippen LogP contribution in [0.5, 0.6) is 11.5 Å². The zero-order chi connectivity index (χ0) is 21.3. The number of carbonyl (C=O) groups excluding carboxylic acids is 2. The molecule has 3 aromatic carbocycles. The summed E-state index contributed by atoms with van der Waals surface area (Å²) < 4.78 is 11.1. The van der Waals surface area contributed by atoms with E-state index in [2.05, 4.69) is 10.5 Å². The molecule has 0 fully saturated rings. The molecule has 3 rings (SSSR count). The van der Waals surface area contributed by atoms with Crippen LogP contribution in [0.1, 0.15) is 11.1 Å². The smallest absolute Gasteiger partial charge is 0.277 e. The Bertz CT molecular complexity index is 1080. The van der Waals surface area contributed by atoms with Crippen LogP contribution in [-0.4, -0.2) is 31.2 Å². The summed E-state index contributed by atoms with van der Waals surface area (Å²) in [5.74, 6) is 4.82. The normalized spacial score (nSPS) is 10.7. The monoisotopic (exact) mass is 406 g/mol. The van der Waals surface area contributed by atoms with E-state index in [4.69, 9.17) is 15.3 Å². The molecule has 0 heterocycles. The van der Waals surface area contributed by atoms with E-state index in [1.807, 2.05) is 60.9 Å². The van der Waals surface area contributed by atoms with Crippen molar-refractivity contribution in [1.29, 1.82) is 0 Å². The molecule has 0 saturated carbocycles. The van der Waals surface area contributed by atoms with Gasteiger partial charge in [-0.1, -0.05) is 54.1 Å². The fourth-order valence-electron chi connectivity index (χ4n) is 2.71. The molecule has 0 aromatic heterocycles. The first-order valence-electron chi connectivity index (χ1n) is 9.21. The number of amides is 2. The number of carbonyl (C=O) groups is 2. The van der Waals surface area contributed by atoms with E-state index >= 15 is 0 Å². The van der Waals surface area contributed by atoms with E-state index in [1.165, 1.54) is 0 Å². The van der Waals surface area contributed by atoms with E-state index in [1.54, 1.807) is 18.3 Å². The fourth-order valence-corrected chi connectivity index (χ4v) is 2.71. The van der Waals surface area contributed by atoms with Crippen molar-refractivity contribution in [3.05, 3.63) is 71.8 Å². The average molecular weight is 406 g/mol. The van der Waals surface area contributed by atoms with Gasteiger partial charge in [-0.3, -0.25) is 15.0 Å². The number of benzene rings is 3. The Morgan fingerprint density at radius 1 is 0.933 bits per heavy atom. The van der Waals surface area contributed by atoms with Crippen LogP contribution in [0.15, 0.2) is 65.8 Å². The number of ether oxygens (including phenoxy) is 2. The van der Waals surface area contributed by atoms with Crippen molar-refractivity contribution >= 4 is 28.8 Å². The fraction of sp³-hybridized carbons (Fsp3) is 0.136. The molecule has 0 aliphatic heterocycles. The summed E-state index contributed by atoms with van der Waals surface area (Å²) in [6, 6.07) is 18.8. The zero-order valence-corrected chi connectivity index (χ0v) is 16.4. The Morgan fingerprint density at radius 2 is 1.57 bits per heavy atom. The minimum absolute atomic E-state index is 0.275. The Labute approximate surface area is 173 Å². The number of hydrogen-bond donors (Lipinski definition) is 3. The van der Waals surface area contributed by atoms with Gasteiger partial charge in [0.15, 0.2) is 24.7 Å². The van der Waals surface area contributed by atoms with E-state index in [-0.39, 0.29) is 13.2 Å². The quantitative estimate of drug-likeness (QED) is 0.229. The molecule has 0 radical (unpaired) electrons. The second kappa shape index (κ2) is 10.0. The molecule has 30 heavy (non-hydrogen) atoms. The van der Waals surface area contributed by atoms with Crippen molar-refractivity contribution in [2.45, 2.75) is 6.92 Å². The number of aryl methyl sites for hydroxylation is 1. The third-order valence-corrected chi connectivity index (χ3v) is 4.14. The van der Waals surface area contributed by atoms with E-state index in [0.717, 1.165) is 21.9 Å². The van der Waals surface area contributed by atoms with Gasteiger partial charge in [0, 0.05) is 0 Å². The Hall–Kier alpha value is -3.91. The standard InChI is InChI=1S/C22H22N4O4/c1-15-5-4-6-16(9-15)12-24-26-22(28)14-30-20-11-18-8-3-2-7-17(18)10-19(20)29-13-21(27)25-23/h2-12H,13-14,23H2,1H3,(H,25,27)(H,26,28). The van der Waals surface area contributed by atoms with Gasteiger partial charge in [-0.25, -0.2) is 11.3 Å². The molecule has 0 aliphatic rings. The molecular formula is C22H22N4O4. The lowest BCUT2D eigenvalue weighted by Crippen LogP contribution is -2.34. The van der Waals surface area contributed by atoms with Crippen molar-refractivity contribution < 1.29 is 19.1 Å². The lowest BCUT2D eigenvalue weighted by Gasteiger charge is -2.13. The van der Waals surface area contributed by atoms with Crippen molar-refractivity contribution in [2.75, 3.05) is 13.2 Å². The number of nitrogens with two attached hydrogens (primary N) is 1. The van der Waals surface area contributed by atoms with Crippen LogP contribution in [0.4, 0.5) is 0 Å². The summed E-state index contributed by atoms with van der Waals surface area (Å²) in [4.78, 5) is 23.5. The van der Waals surface area contributed by atoms with Gasteiger partial charge >= 0.3 is 0 Å². The molecule has 8 nitrogen and oxygen atoms in total. The maximum absolute atomic E-state index is 12.1. The molecule has 0 spiro atoms. The Balaban J connectivity index is 1.65. The van der Waals surface area contributed by atoms with Crippen LogP contribution < -0.4 is 26.2 Å². The maximum Gasteiger partial charge on any atom is 0.277 e. The van der Waals surface area contributed by atoms with Crippen LogP contribution in [0.3, 0.4) is 0 Å². The SMILES string of the molecule is Cc1cccc(C=NNC(=O)COc2cc3ccccc3cc2OCC(=O)NN)c1. The molecule has 0 aliphatic carbocycles. The van der Waals surface area contributed by atoms with Gasteiger partial charge in [-0.2, -0.15) is 5.10 Å². The average Bonchev–Trinajstić information content (AvgIpc) is 2.75. The molecule has 0 bridgehead atoms. The van der Waals surface area contributed by atoms with Crippen molar-refractivity contribution in [2.24, 2.45) is 10.9 Å². The number of rotatable bonds is 8. The molecule has 3 aromatic rings. The molecule has 0 unspecified atom stereocenters. The van der Waals surface area contributed by atoms with Crippen LogP contribution in [0.2, 0.25) is 0 Å². The zero-order valence-electron chi connectivity index (χ0n) is 16.4. The number of hydrogen-bond acceptors (Lipinski definition) is 6. The van der Waals surface area contributed by atoms with E-state index in [0.29, 0.717) is 11.5 Å². The predicted molar refractivity (Wildman–Crippen MR) is 114 cm³/mol. The number of fused-ring (bicyclic) bond motifs is 1. The minimum Gasteiger partial charge on any atom is -0.480 e. The minimum atomic E-state index is -0.489. The highest BCUT2D eigenvalue weighted by Crippen LogP contribution is 2.32. The predicted octanol–water partition coefficient (Wildman–Crippen LogP) is 2.05. The number of hydrazine groups is 1. The summed E-state index contributed by atoms with van der Waals surface area (Å²) in [6.45, 7) is 1.42. The van der Waals surface area contributed by atoms with E-state index in [9.17, 15) is 9.59 Å². The summed E-state index contributed by atoms with van der Waals surface area (Å²) in [5.41, 5.74) is 6.39. The van der Waals surface area contributed by atoms with Crippen molar-refractivity contribution in [1.82, 2.24) is 10.9 Å². The Kier molecular flexibility index (Phi) is 6.96. The lowest BCUT2D eigenvalue weighted by atomic mass is 10.1. The first-order chi connectivity index (χ1) is 14.5. The number of hydrazone groups is 1. The highest BCUT2D eigenvalue weighted by Gasteiger charge is 2.11. The highest BCUT2D eigenvalue weighted by atomic mass is 16.5. The Morgan fingerprint density at radius 3 is 2.17 bits per heavy atom. The van der Waals surface area contributed by atoms with Gasteiger partial charge in [-0.05, 0) is 35.4 Å². The van der Waals surface area contributed by atoms with Crippen molar-refractivity contribution in [3.63, 3.8) is 0 Å². The largest absolute Gasteiger partial charge is 0.480 e. The van der Waals surface area contributed by atoms with E-state index < -0.39 is 11.8 Å². The third kappa shape index (κ3) is 5.79. The number of nitrogens with zero attached hydrogens (tertiary/aromatic N) is 1. The van der Waals surface area contributed by atoms with Gasteiger partial charge in [-0.15, -0.1) is 0 Å². The first-order valence-corrected chi connectivity index (χ1v) is 9.21. The van der Waals surface area contributed by atoms with Crippen LogP contribution in [0, 0.1) is 6.92 Å². The maximum atomic E-state index is 12.1. The molecular weight excluding hydrogens is 384 g/mol. The molecule has 4 N–H and O–H groups in total. The second-order valence-electron chi connectivity index (χ2n) is 6.50. The summed E-state index contributed by atoms with van der Waals surface area (Å²) in [6.07, 6.45) is 1.56. The molecule has 0 atom stereocenters. The third-order valence-electron chi connectivity index (χ3n) is 4.14. The highest BCUT2D eigenvalue weighted by molar-refractivity contribution is 5.87.